The molecule has 0 radical (unpaired) electrons. The summed E-state index contributed by atoms with van der Waals surface area (Å²) >= 11 is 5.60. The van der Waals surface area contributed by atoms with Crippen molar-refractivity contribution in [3.05, 3.63) is 23.2 Å². The summed E-state index contributed by atoms with van der Waals surface area (Å²) in [6.07, 6.45) is -6.10. The molecule has 0 aromatic heterocycles. The van der Waals surface area contributed by atoms with Crippen molar-refractivity contribution in [1.82, 2.24) is 0 Å². The molecule has 1 aromatic carbocycles. The zero-order chi connectivity index (χ0) is 12.3. The zero-order valence-electron chi connectivity index (χ0n) is 7.94. The molecule has 0 aliphatic heterocycles. The van der Waals surface area contributed by atoms with Crippen molar-refractivity contribution in [2.75, 3.05) is 11.1 Å². The molecular formula is C9H8ClF3N2O. The maximum Gasteiger partial charge on any atom is 0.397 e. The number of nitrogen functional groups attached to an aromatic ring is 1. The Labute approximate surface area is 94.4 Å². The van der Waals surface area contributed by atoms with Crippen LogP contribution in [-0.4, -0.2) is 12.1 Å². The van der Waals surface area contributed by atoms with Crippen molar-refractivity contribution < 1.29 is 18.0 Å². The van der Waals surface area contributed by atoms with Gasteiger partial charge >= 0.3 is 6.18 Å². The normalized spacial score (nSPS) is 11.2. The Hall–Kier alpha value is -1.43. The molecule has 3 N–H and O–H groups in total. The van der Waals surface area contributed by atoms with Crippen LogP contribution in [0.1, 0.15) is 6.42 Å². The van der Waals surface area contributed by atoms with Crippen LogP contribution in [0.2, 0.25) is 5.02 Å². The van der Waals surface area contributed by atoms with Gasteiger partial charge in [-0.25, -0.2) is 0 Å². The van der Waals surface area contributed by atoms with E-state index >= 15 is 0 Å². The minimum Gasteiger partial charge on any atom is -0.397 e. The zero-order valence-corrected chi connectivity index (χ0v) is 8.69. The number of rotatable bonds is 2. The van der Waals surface area contributed by atoms with Gasteiger partial charge in [0.25, 0.3) is 0 Å². The summed E-state index contributed by atoms with van der Waals surface area (Å²) in [4.78, 5) is 11.0. The molecular weight excluding hydrogens is 245 g/mol. The summed E-state index contributed by atoms with van der Waals surface area (Å²) in [6, 6.07) is 4.15. The molecule has 0 aliphatic rings. The fraction of sp³-hybridized carbons (Fsp3) is 0.222. The second-order valence-electron chi connectivity index (χ2n) is 3.07. The quantitative estimate of drug-likeness (QED) is 0.795. The van der Waals surface area contributed by atoms with Gasteiger partial charge in [0.05, 0.1) is 11.4 Å². The number of carbonyl (C=O) groups is 1. The average molecular weight is 253 g/mol. The molecule has 3 nitrogen and oxygen atoms in total. The summed E-state index contributed by atoms with van der Waals surface area (Å²) in [5.74, 6) is -1.18. The molecule has 1 aromatic rings. The number of hydrogen-bond acceptors (Lipinski definition) is 2. The molecule has 0 spiro atoms. The van der Waals surface area contributed by atoms with Crippen LogP contribution in [-0.2, 0) is 4.79 Å². The summed E-state index contributed by atoms with van der Waals surface area (Å²) in [6.45, 7) is 0. The molecule has 0 unspecified atom stereocenters. The lowest BCUT2D eigenvalue weighted by atomic mass is 10.2. The van der Waals surface area contributed by atoms with Crippen molar-refractivity contribution >= 4 is 28.9 Å². The Morgan fingerprint density at radius 1 is 1.44 bits per heavy atom. The van der Waals surface area contributed by atoms with Crippen molar-refractivity contribution in [2.24, 2.45) is 0 Å². The van der Waals surface area contributed by atoms with E-state index in [4.69, 9.17) is 17.3 Å². The first-order valence-electron chi connectivity index (χ1n) is 4.19. The number of alkyl halides is 3. The molecule has 0 heterocycles. The van der Waals surface area contributed by atoms with Crippen LogP contribution in [0.3, 0.4) is 0 Å². The number of carbonyl (C=O) groups excluding carboxylic acids is 1. The van der Waals surface area contributed by atoms with E-state index in [0.29, 0.717) is 0 Å². The average Bonchev–Trinajstić information content (AvgIpc) is 2.08. The number of nitrogens with two attached hydrogens (primary N) is 1. The lowest BCUT2D eigenvalue weighted by Crippen LogP contribution is -2.21. The number of anilines is 2. The van der Waals surface area contributed by atoms with E-state index in [1.54, 1.807) is 0 Å². The summed E-state index contributed by atoms with van der Waals surface area (Å²) < 4.78 is 35.6. The molecule has 0 saturated carbocycles. The van der Waals surface area contributed by atoms with Crippen molar-refractivity contribution in [1.29, 1.82) is 0 Å². The van der Waals surface area contributed by atoms with E-state index in [2.05, 4.69) is 0 Å². The number of benzene rings is 1. The van der Waals surface area contributed by atoms with Gasteiger partial charge in [0.2, 0.25) is 5.91 Å². The lowest BCUT2D eigenvalue weighted by Gasteiger charge is -2.09. The molecule has 88 valence electrons. The summed E-state index contributed by atoms with van der Waals surface area (Å²) in [7, 11) is 0. The van der Waals surface area contributed by atoms with Crippen molar-refractivity contribution in [3.8, 4) is 0 Å². The van der Waals surface area contributed by atoms with E-state index < -0.39 is 18.5 Å². The van der Waals surface area contributed by atoms with Gasteiger partial charge in [-0.3, -0.25) is 4.79 Å². The third-order valence-electron chi connectivity index (χ3n) is 1.65. The third-order valence-corrected chi connectivity index (χ3v) is 1.89. The SMILES string of the molecule is Nc1ccc(Cl)cc1NC(=O)CC(F)(F)F. The smallest absolute Gasteiger partial charge is 0.397 e. The van der Waals surface area contributed by atoms with Crippen LogP contribution >= 0.6 is 11.6 Å². The number of amides is 1. The van der Waals surface area contributed by atoms with Gasteiger partial charge in [-0.2, -0.15) is 13.2 Å². The number of nitrogens with one attached hydrogen (secondary N) is 1. The molecule has 0 saturated heterocycles. The van der Waals surface area contributed by atoms with E-state index in [-0.39, 0.29) is 16.4 Å². The fourth-order valence-corrected chi connectivity index (χ4v) is 1.19. The Bertz CT molecular complexity index is 406. The topological polar surface area (TPSA) is 55.1 Å². The largest absolute Gasteiger partial charge is 0.397 e. The van der Waals surface area contributed by atoms with Gasteiger partial charge in [-0.05, 0) is 18.2 Å². The Kier molecular flexibility index (Phi) is 3.64. The Balaban J connectivity index is 2.73. The van der Waals surface area contributed by atoms with Crippen LogP contribution in [0.25, 0.3) is 0 Å². The number of hydrogen-bond donors (Lipinski definition) is 2. The Morgan fingerprint density at radius 2 is 2.06 bits per heavy atom. The maximum atomic E-state index is 11.9. The molecule has 0 fully saturated rings. The van der Waals surface area contributed by atoms with Crippen LogP contribution in [0.15, 0.2) is 18.2 Å². The van der Waals surface area contributed by atoms with Crippen LogP contribution in [0.5, 0.6) is 0 Å². The fourth-order valence-electron chi connectivity index (χ4n) is 1.01. The Morgan fingerprint density at radius 3 is 2.62 bits per heavy atom. The highest BCUT2D eigenvalue weighted by Gasteiger charge is 2.31. The second kappa shape index (κ2) is 4.61. The van der Waals surface area contributed by atoms with Gasteiger partial charge in [-0.1, -0.05) is 11.6 Å². The van der Waals surface area contributed by atoms with E-state index in [1.165, 1.54) is 18.2 Å². The summed E-state index contributed by atoms with van der Waals surface area (Å²) in [5.41, 5.74) is 5.67. The minimum atomic E-state index is -4.54. The van der Waals surface area contributed by atoms with Crippen LogP contribution in [0, 0.1) is 0 Å². The van der Waals surface area contributed by atoms with Gasteiger partial charge in [0, 0.05) is 5.02 Å². The molecule has 0 atom stereocenters. The summed E-state index contributed by atoms with van der Waals surface area (Å²) in [5, 5.41) is 2.31. The van der Waals surface area contributed by atoms with Gasteiger partial charge in [0.1, 0.15) is 6.42 Å². The van der Waals surface area contributed by atoms with E-state index in [1.807, 2.05) is 5.32 Å². The second-order valence-corrected chi connectivity index (χ2v) is 3.51. The highest BCUT2D eigenvalue weighted by Crippen LogP contribution is 2.25. The maximum absolute atomic E-state index is 11.9. The molecule has 1 rings (SSSR count). The van der Waals surface area contributed by atoms with Crippen molar-refractivity contribution in [3.63, 3.8) is 0 Å². The van der Waals surface area contributed by atoms with Crippen molar-refractivity contribution in [2.45, 2.75) is 12.6 Å². The van der Waals surface area contributed by atoms with Crippen LogP contribution < -0.4 is 11.1 Å². The molecule has 0 bridgehead atoms. The highest BCUT2D eigenvalue weighted by atomic mass is 35.5. The monoisotopic (exact) mass is 252 g/mol. The van der Waals surface area contributed by atoms with E-state index in [0.717, 1.165) is 0 Å². The predicted molar refractivity (Wildman–Crippen MR) is 55.2 cm³/mol. The molecule has 16 heavy (non-hydrogen) atoms. The molecule has 0 aliphatic carbocycles. The highest BCUT2D eigenvalue weighted by molar-refractivity contribution is 6.31. The van der Waals surface area contributed by atoms with E-state index in [9.17, 15) is 18.0 Å². The third kappa shape index (κ3) is 3.98. The standard InChI is InChI=1S/C9H8ClF3N2O/c10-5-1-2-6(14)7(3-5)15-8(16)4-9(11,12)13/h1-3H,4,14H2,(H,15,16). The number of halogens is 4. The first-order chi connectivity index (χ1) is 7.28. The van der Waals surface area contributed by atoms with Gasteiger partial charge in [-0.15, -0.1) is 0 Å². The lowest BCUT2D eigenvalue weighted by molar-refractivity contribution is -0.150. The predicted octanol–water partition coefficient (Wildman–Crippen LogP) is 2.81. The molecule has 7 heteroatoms. The minimum absolute atomic E-state index is 0.0711. The van der Waals surface area contributed by atoms with Gasteiger partial charge in [0.15, 0.2) is 0 Å². The first kappa shape index (κ1) is 12.6. The first-order valence-corrected chi connectivity index (χ1v) is 4.57. The van der Waals surface area contributed by atoms with Crippen LogP contribution in [0.4, 0.5) is 24.5 Å². The van der Waals surface area contributed by atoms with Gasteiger partial charge < -0.3 is 11.1 Å². The molecule has 1 amide bonds.